The number of carbonyl (C=O) groups excluding carboxylic acids is 4. The molecule has 0 aliphatic heterocycles. The van der Waals surface area contributed by atoms with E-state index in [2.05, 4.69) is 9.47 Å². The maximum Gasteiger partial charge on any atom is 0.346 e. The van der Waals surface area contributed by atoms with Crippen molar-refractivity contribution in [2.24, 2.45) is 0 Å². The van der Waals surface area contributed by atoms with Crippen molar-refractivity contribution in [1.29, 1.82) is 0 Å². The van der Waals surface area contributed by atoms with E-state index in [1.165, 1.54) is 0 Å². The molecule has 16 nitrogen and oxygen atoms in total. The number of carboxylic acids is 2. The minimum absolute atomic E-state index is 2.08. The van der Waals surface area contributed by atoms with Crippen molar-refractivity contribution in [3.8, 4) is 0 Å². The number of carbonyl (C=O) groups is 6. The number of aliphatic hydroxyl groups excluding tert-OH is 6. The van der Waals surface area contributed by atoms with Crippen molar-refractivity contribution in [2.75, 3.05) is 0 Å². The first-order valence-corrected chi connectivity index (χ1v) is 6.77. The molecule has 158 valence electrons. The molecule has 0 spiro atoms. The molecule has 0 aromatic carbocycles. The standard InChI is InChI=1S/C12H14O16/c13-1(7(19)20)3(15)9(23)27-11(25)5(17)6(18)12(26)28-10(24)4(16)2(14)8(21)22/h1-6,13-18H,(H,19,20)(H,21,22)/t1?,2?,3?,4?,5-,6-/m1/s1. The number of aliphatic carboxylic acids is 2. The highest BCUT2D eigenvalue weighted by Gasteiger charge is 2.40. The van der Waals surface area contributed by atoms with Crippen LogP contribution in [0.4, 0.5) is 0 Å². The molecule has 0 bridgehead atoms. The van der Waals surface area contributed by atoms with Gasteiger partial charge in [-0.2, -0.15) is 0 Å². The Labute approximate surface area is 152 Å². The van der Waals surface area contributed by atoms with Crippen LogP contribution in [0.25, 0.3) is 0 Å². The van der Waals surface area contributed by atoms with Gasteiger partial charge in [-0.25, -0.2) is 28.8 Å². The number of aliphatic hydroxyl groups is 6. The van der Waals surface area contributed by atoms with Crippen molar-refractivity contribution in [3.63, 3.8) is 0 Å². The lowest BCUT2D eigenvalue weighted by atomic mass is 10.2. The molecule has 16 heteroatoms. The van der Waals surface area contributed by atoms with Gasteiger partial charge in [-0.3, -0.25) is 0 Å². The van der Waals surface area contributed by atoms with Crippen LogP contribution >= 0.6 is 0 Å². The van der Waals surface area contributed by atoms with Crippen LogP contribution in [0.3, 0.4) is 0 Å². The van der Waals surface area contributed by atoms with Crippen LogP contribution in [0, 0.1) is 0 Å². The van der Waals surface area contributed by atoms with Crippen LogP contribution in [-0.4, -0.2) is 113 Å². The van der Waals surface area contributed by atoms with E-state index in [0.717, 1.165) is 0 Å². The average Bonchev–Trinajstić information content (AvgIpc) is 2.63. The van der Waals surface area contributed by atoms with Gasteiger partial charge in [0.2, 0.25) is 0 Å². The van der Waals surface area contributed by atoms with Crippen LogP contribution in [0.15, 0.2) is 0 Å². The third-order valence-electron chi connectivity index (χ3n) is 2.77. The van der Waals surface area contributed by atoms with Crippen molar-refractivity contribution in [2.45, 2.75) is 36.6 Å². The van der Waals surface area contributed by atoms with Gasteiger partial charge in [0.25, 0.3) is 0 Å². The fourth-order valence-electron chi connectivity index (χ4n) is 1.23. The van der Waals surface area contributed by atoms with E-state index in [1.807, 2.05) is 0 Å². The molecule has 0 saturated heterocycles. The van der Waals surface area contributed by atoms with Crippen LogP contribution in [0.5, 0.6) is 0 Å². The summed E-state index contributed by atoms with van der Waals surface area (Å²) < 4.78 is 7.44. The molecule has 28 heavy (non-hydrogen) atoms. The zero-order chi connectivity index (χ0) is 22.3. The minimum Gasteiger partial charge on any atom is -0.479 e. The normalized spacial score (nSPS) is 17.2. The molecule has 0 aromatic rings. The third kappa shape index (κ3) is 6.61. The quantitative estimate of drug-likeness (QED) is 0.128. The Morgan fingerprint density at radius 2 is 0.607 bits per heavy atom. The van der Waals surface area contributed by atoms with Crippen LogP contribution in [-0.2, 0) is 38.2 Å². The Morgan fingerprint density at radius 1 is 0.429 bits per heavy atom. The lowest BCUT2D eigenvalue weighted by Gasteiger charge is -2.17. The fourth-order valence-corrected chi connectivity index (χ4v) is 1.23. The third-order valence-corrected chi connectivity index (χ3v) is 2.77. The van der Waals surface area contributed by atoms with Gasteiger partial charge < -0.3 is 50.3 Å². The lowest BCUT2D eigenvalue weighted by molar-refractivity contribution is -0.189. The highest BCUT2D eigenvalue weighted by molar-refractivity contribution is 5.97. The Kier molecular flexibility index (Phi) is 9.23. The summed E-state index contributed by atoms with van der Waals surface area (Å²) in [5.74, 6) is -12.6. The number of rotatable bonds is 9. The molecule has 0 radical (unpaired) electrons. The van der Waals surface area contributed by atoms with Crippen molar-refractivity contribution in [1.82, 2.24) is 0 Å². The van der Waals surface area contributed by atoms with Gasteiger partial charge in [0.15, 0.2) is 36.6 Å². The molecule has 0 amide bonds. The summed E-state index contributed by atoms with van der Waals surface area (Å²) in [6.45, 7) is 0. The molecule has 0 heterocycles. The van der Waals surface area contributed by atoms with Gasteiger partial charge in [0.1, 0.15) is 0 Å². The molecular formula is C12H14O16. The molecule has 0 aromatic heterocycles. The predicted molar refractivity (Wildman–Crippen MR) is 73.5 cm³/mol. The van der Waals surface area contributed by atoms with Gasteiger partial charge in [-0.1, -0.05) is 0 Å². The average molecular weight is 414 g/mol. The van der Waals surface area contributed by atoms with E-state index in [1.54, 1.807) is 0 Å². The first-order valence-electron chi connectivity index (χ1n) is 6.77. The van der Waals surface area contributed by atoms with Crippen molar-refractivity contribution in [3.05, 3.63) is 0 Å². The second kappa shape index (κ2) is 10.3. The number of carboxylic acid groups (broad SMARTS) is 2. The van der Waals surface area contributed by atoms with Gasteiger partial charge in [0, 0.05) is 0 Å². The smallest absolute Gasteiger partial charge is 0.346 e. The number of hydrogen-bond donors (Lipinski definition) is 8. The van der Waals surface area contributed by atoms with E-state index in [-0.39, 0.29) is 0 Å². The Bertz CT molecular complexity index is 598. The number of esters is 4. The molecule has 6 atom stereocenters. The second-order valence-corrected chi connectivity index (χ2v) is 4.83. The van der Waals surface area contributed by atoms with Crippen LogP contribution in [0.1, 0.15) is 0 Å². The summed E-state index contributed by atoms with van der Waals surface area (Å²) in [5.41, 5.74) is 0. The van der Waals surface area contributed by atoms with Crippen molar-refractivity contribution >= 4 is 35.8 Å². The number of ether oxygens (including phenoxy) is 2. The SMILES string of the molecule is O=C(O)C(O)C(O)C(=O)OC(=O)[C@H](O)[C@@H](O)C(=O)OC(=O)C(O)C(O)C(=O)O. The summed E-state index contributed by atoms with van der Waals surface area (Å²) >= 11 is 0. The fraction of sp³-hybridized carbons (Fsp3) is 0.500. The Morgan fingerprint density at radius 3 is 0.786 bits per heavy atom. The van der Waals surface area contributed by atoms with Gasteiger partial charge in [-0.05, 0) is 0 Å². The van der Waals surface area contributed by atoms with E-state index < -0.39 is 72.4 Å². The highest BCUT2D eigenvalue weighted by Crippen LogP contribution is 2.05. The molecule has 4 unspecified atom stereocenters. The Balaban J connectivity index is 4.89. The minimum atomic E-state index is -2.94. The van der Waals surface area contributed by atoms with E-state index in [4.69, 9.17) is 30.6 Å². The monoisotopic (exact) mass is 414 g/mol. The topological polar surface area (TPSA) is 283 Å². The first kappa shape index (κ1) is 25.0. The van der Waals surface area contributed by atoms with Crippen molar-refractivity contribution < 1.29 is 79.1 Å². The molecular weight excluding hydrogens is 400 g/mol. The summed E-state index contributed by atoms with van der Waals surface area (Å²) in [6, 6.07) is 0. The lowest BCUT2D eigenvalue weighted by Crippen LogP contribution is -2.47. The zero-order valence-corrected chi connectivity index (χ0v) is 13.3. The first-order chi connectivity index (χ1) is 12.7. The molecule has 0 saturated carbocycles. The molecule has 8 N–H and O–H groups in total. The van der Waals surface area contributed by atoms with E-state index in [0.29, 0.717) is 0 Å². The number of hydrogen-bond acceptors (Lipinski definition) is 14. The second-order valence-electron chi connectivity index (χ2n) is 4.83. The van der Waals surface area contributed by atoms with E-state index >= 15 is 0 Å². The van der Waals surface area contributed by atoms with Gasteiger partial charge >= 0.3 is 35.8 Å². The highest BCUT2D eigenvalue weighted by atomic mass is 16.6. The Hall–Kier alpha value is -3.02. The molecule has 0 aliphatic carbocycles. The van der Waals surface area contributed by atoms with Gasteiger partial charge in [-0.15, -0.1) is 0 Å². The summed E-state index contributed by atoms with van der Waals surface area (Å²) in [7, 11) is 0. The maximum atomic E-state index is 11.4. The summed E-state index contributed by atoms with van der Waals surface area (Å²) in [6.07, 6.45) is -16.9. The molecule has 0 aliphatic rings. The summed E-state index contributed by atoms with van der Waals surface area (Å²) in [5, 5.41) is 71.3. The largest absolute Gasteiger partial charge is 0.479 e. The predicted octanol–water partition coefficient (Wildman–Crippen LogP) is -6.54. The van der Waals surface area contributed by atoms with Crippen LogP contribution < -0.4 is 0 Å². The van der Waals surface area contributed by atoms with Crippen LogP contribution in [0.2, 0.25) is 0 Å². The zero-order valence-electron chi connectivity index (χ0n) is 13.3. The maximum absolute atomic E-state index is 11.4. The molecule has 0 rings (SSSR count). The molecule has 0 fully saturated rings. The summed E-state index contributed by atoms with van der Waals surface area (Å²) in [4.78, 5) is 65.8. The van der Waals surface area contributed by atoms with Gasteiger partial charge in [0.05, 0.1) is 0 Å². The van der Waals surface area contributed by atoms with E-state index in [9.17, 15) is 39.0 Å².